The van der Waals surface area contributed by atoms with E-state index in [1.165, 1.54) is 17.7 Å². The van der Waals surface area contributed by atoms with Crippen LogP contribution in [0.3, 0.4) is 0 Å². The van der Waals surface area contributed by atoms with E-state index in [4.69, 9.17) is 0 Å². The zero-order chi connectivity index (χ0) is 18.1. The molecule has 0 bridgehead atoms. The molecule has 2 N–H and O–H groups in total. The number of H-pyrrole nitrogens is 1. The van der Waals surface area contributed by atoms with Crippen LogP contribution in [0.15, 0.2) is 41.2 Å². The summed E-state index contributed by atoms with van der Waals surface area (Å²) in [5, 5.41) is 15.0. The summed E-state index contributed by atoms with van der Waals surface area (Å²) in [6, 6.07) is 10.5. The number of hydrogen-bond acceptors (Lipinski definition) is 4. The molecule has 6 nitrogen and oxygen atoms in total. The normalized spacial score (nSPS) is 10.8. The van der Waals surface area contributed by atoms with Crippen molar-refractivity contribution in [3.63, 3.8) is 0 Å². The third-order valence-electron chi connectivity index (χ3n) is 4.43. The van der Waals surface area contributed by atoms with Crippen LogP contribution in [-0.4, -0.2) is 9.91 Å². The van der Waals surface area contributed by atoms with Crippen LogP contribution in [0.2, 0.25) is 0 Å². The van der Waals surface area contributed by atoms with Gasteiger partial charge in [-0.25, -0.2) is 0 Å². The number of pyridine rings is 1. The molecule has 0 fully saturated rings. The van der Waals surface area contributed by atoms with Gasteiger partial charge in [-0.3, -0.25) is 14.9 Å². The highest BCUT2D eigenvalue weighted by molar-refractivity contribution is 5.80. The van der Waals surface area contributed by atoms with Gasteiger partial charge in [-0.15, -0.1) is 0 Å². The Morgan fingerprint density at radius 3 is 2.44 bits per heavy atom. The average molecular weight is 337 g/mol. The Kier molecular flexibility index (Phi) is 4.27. The van der Waals surface area contributed by atoms with E-state index in [-0.39, 0.29) is 11.2 Å². The highest BCUT2D eigenvalue weighted by Gasteiger charge is 2.09. The summed E-state index contributed by atoms with van der Waals surface area (Å²) in [7, 11) is 0. The van der Waals surface area contributed by atoms with Gasteiger partial charge in [0.1, 0.15) is 0 Å². The first kappa shape index (κ1) is 16.7. The van der Waals surface area contributed by atoms with Gasteiger partial charge < -0.3 is 10.3 Å². The lowest BCUT2D eigenvalue weighted by Gasteiger charge is -2.10. The van der Waals surface area contributed by atoms with Crippen LogP contribution in [0.5, 0.6) is 0 Å². The van der Waals surface area contributed by atoms with Crippen molar-refractivity contribution in [2.45, 2.75) is 27.3 Å². The number of aryl methyl sites for hydroxylation is 3. The summed E-state index contributed by atoms with van der Waals surface area (Å²) < 4.78 is 0. The first-order valence-electron chi connectivity index (χ1n) is 7.97. The maximum Gasteiger partial charge on any atom is 0.269 e. The van der Waals surface area contributed by atoms with Gasteiger partial charge in [0.2, 0.25) is 0 Å². The van der Waals surface area contributed by atoms with E-state index in [1.807, 2.05) is 26.0 Å². The maximum absolute atomic E-state index is 12.3. The van der Waals surface area contributed by atoms with Crippen LogP contribution >= 0.6 is 0 Å². The Morgan fingerprint density at radius 2 is 1.76 bits per heavy atom. The maximum atomic E-state index is 12.3. The molecule has 25 heavy (non-hydrogen) atoms. The predicted octanol–water partition coefficient (Wildman–Crippen LogP) is 3.97. The number of hydrogen-bond donors (Lipinski definition) is 2. The molecule has 0 amide bonds. The Balaban J connectivity index is 1.88. The minimum atomic E-state index is -0.421. The second-order valence-corrected chi connectivity index (χ2v) is 6.26. The zero-order valence-corrected chi connectivity index (χ0v) is 14.3. The number of aromatic amines is 1. The van der Waals surface area contributed by atoms with Gasteiger partial charge in [-0.1, -0.05) is 0 Å². The van der Waals surface area contributed by atoms with Gasteiger partial charge in [0.05, 0.1) is 4.92 Å². The number of aromatic nitrogens is 1. The van der Waals surface area contributed by atoms with E-state index in [9.17, 15) is 14.9 Å². The van der Waals surface area contributed by atoms with Gasteiger partial charge in [0.25, 0.3) is 11.2 Å². The van der Waals surface area contributed by atoms with Crippen LogP contribution in [0, 0.1) is 30.9 Å². The third kappa shape index (κ3) is 3.38. The number of fused-ring (bicyclic) bond motifs is 1. The predicted molar refractivity (Wildman–Crippen MR) is 99.2 cm³/mol. The monoisotopic (exact) mass is 337 g/mol. The molecule has 1 heterocycles. The van der Waals surface area contributed by atoms with Crippen molar-refractivity contribution in [2.75, 3.05) is 5.32 Å². The van der Waals surface area contributed by atoms with E-state index >= 15 is 0 Å². The summed E-state index contributed by atoms with van der Waals surface area (Å²) in [5.74, 6) is 0. The molecule has 3 aromatic rings. The highest BCUT2D eigenvalue weighted by Crippen LogP contribution is 2.22. The van der Waals surface area contributed by atoms with Crippen molar-refractivity contribution in [3.8, 4) is 0 Å². The molecule has 1 aromatic heterocycles. The standard InChI is InChI=1S/C19H19N3O3/c1-11-6-14-9-15(19(23)21-18(14)8-12(11)2)10-20-17-5-4-16(22(24)25)7-13(17)3/h4-9,20H,10H2,1-3H3,(H,21,23). The quantitative estimate of drug-likeness (QED) is 0.557. The number of nitro benzene ring substituents is 1. The highest BCUT2D eigenvalue weighted by atomic mass is 16.6. The summed E-state index contributed by atoms with van der Waals surface area (Å²) in [6.07, 6.45) is 0. The molecule has 0 unspecified atom stereocenters. The minimum Gasteiger partial charge on any atom is -0.381 e. The van der Waals surface area contributed by atoms with Crippen LogP contribution in [-0.2, 0) is 6.54 Å². The van der Waals surface area contributed by atoms with E-state index in [0.717, 1.165) is 27.7 Å². The Hall–Kier alpha value is -3.15. The van der Waals surface area contributed by atoms with Crippen LogP contribution < -0.4 is 10.9 Å². The molecule has 0 saturated carbocycles. The van der Waals surface area contributed by atoms with Crippen LogP contribution in [0.25, 0.3) is 10.9 Å². The number of anilines is 1. The lowest BCUT2D eigenvalue weighted by Crippen LogP contribution is -2.16. The molecule has 0 spiro atoms. The van der Waals surface area contributed by atoms with Crippen molar-refractivity contribution in [1.29, 1.82) is 0 Å². The zero-order valence-electron chi connectivity index (χ0n) is 14.3. The van der Waals surface area contributed by atoms with Crippen molar-refractivity contribution >= 4 is 22.3 Å². The van der Waals surface area contributed by atoms with Gasteiger partial charge in [-0.2, -0.15) is 0 Å². The van der Waals surface area contributed by atoms with Crippen LogP contribution in [0.4, 0.5) is 11.4 Å². The molecule has 0 atom stereocenters. The Bertz CT molecular complexity index is 1040. The Labute approximate surface area is 144 Å². The topological polar surface area (TPSA) is 88.0 Å². The van der Waals surface area contributed by atoms with Gasteiger partial charge >= 0.3 is 0 Å². The molecule has 0 aliphatic carbocycles. The van der Waals surface area contributed by atoms with Crippen LogP contribution in [0.1, 0.15) is 22.3 Å². The van der Waals surface area contributed by atoms with Gasteiger partial charge in [0.15, 0.2) is 0 Å². The average Bonchev–Trinajstić information content (AvgIpc) is 2.55. The lowest BCUT2D eigenvalue weighted by atomic mass is 10.0. The van der Waals surface area contributed by atoms with E-state index < -0.39 is 4.92 Å². The molecular formula is C19H19N3O3. The second kappa shape index (κ2) is 6.39. The van der Waals surface area contributed by atoms with E-state index in [1.54, 1.807) is 13.0 Å². The summed E-state index contributed by atoms with van der Waals surface area (Å²) >= 11 is 0. The molecule has 128 valence electrons. The number of rotatable bonds is 4. The molecule has 0 saturated heterocycles. The lowest BCUT2D eigenvalue weighted by molar-refractivity contribution is -0.384. The Morgan fingerprint density at radius 1 is 1.04 bits per heavy atom. The number of non-ortho nitro benzene ring substituents is 1. The number of benzene rings is 2. The first-order valence-corrected chi connectivity index (χ1v) is 7.97. The van der Waals surface area contributed by atoms with Crippen molar-refractivity contribution in [3.05, 3.63) is 79.1 Å². The van der Waals surface area contributed by atoms with E-state index in [2.05, 4.69) is 16.4 Å². The third-order valence-corrected chi connectivity index (χ3v) is 4.43. The molecule has 0 aliphatic heterocycles. The van der Waals surface area contributed by atoms with Crippen molar-refractivity contribution in [1.82, 2.24) is 4.98 Å². The second-order valence-electron chi connectivity index (χ2n) is 6.26. The van der Waals surface area contributed by atoms with Gasteiger partial charge in [0, 0.05) is 35.4 Å². The fraction of sp³-hybridized carbons (Fsp3) is 0.211. The number of nitrogens with zero attached hydrogens (tertiary/aromatic N) is 1. The molecule has 0 aliphatic rings. The van der Waals surface area contributed by atoms with Gasteiger partial charge in [-0.05, 0) is 67.1 Å². The minimum absolute atomic E-state index is 0.0532. The SMILES string of the molecule is Cc1cc2cc(CNc3ccc([N+](=O)[O-])cc3C)c(=O)[nH]c2cc1C. The number of nitro groups is 1. The molecule has 2 aromatic carbocycles. The summed E-state index contributed by atoms with van der Waals surface area (Å²) in [6.45, 7) is 6.20. The fourth-order valence-corrected chi connectivity index (χ4v) is 2.80. The van der Waals surface area contributed by atoms with Crippen molar-refractivity contribution in [2.24, 2.45) is 0 Å². The molecule has 0 radical (unpaired) electrons. The molecule has 6 heteroatoms. The largest absolute Gasteiger partial charge is 0.381 e. The van der Waals surface area contributed by atoms with Crippen molar-refractivity contribution < 1.29 is 4.92 Å². The molecular weight excluding hydrogens is 318 g/mol. The molecule has 3 rings (SSSR count). The first-order chi connectivity index (χ1) is 11.8. The smallest absolute Gasteiger partial charge is 0.269 e. The fourth-order valence-electron chi connectivity index (χ4n) is 2.80. The van der Waals surface area contributed by atoms with E-state index in [0.29, 0.717) is 12.1 Å². The number of nitrogens with one attached hydrogen (secondary N) is 2. The summed E-state index contributed by atoms with van der Waals surface area (Å²) in [4.78, 5) is 25.6. The summed E-state index contributed by atoms with van der Waals surface area (Å²) in [5.41, 5.74) is 5.19.